The minimum atomic E-state index is -1.72. The third-order valence-electron chi connectivity index (χ3n) is 4.34. The van der Waals surface area contributed by atoms with Gasteiger partial charge in [-0.3, -0.25) is 9.59 Å². The molecule has 1 aliphatic rings. The van der Waals surface area contributed by atoms with Gasteiger partial charge in [-0.1, -0.05) is 6.82 Å². The molecule has 11 heteroatoms. The molecule has 1 atom stereocenters. The molecule has 0 aromatic carbocycles. The SMILES string of the molecule is C[B]c1ccc(C2(CNC(=O)OC(C)(C)C)NC(=O)N(COC(=O)C(C)(C)C)C2=O)o1. The summed E-state index contributed by atoms with van der Waals surface area (Å²) in [6.45, 7) is 10.9. The molecule has 1 aromatic heterocycles. The third-order valence-corrected chi connectivity index (χ3v) is 4.34. The number of hydrogen-bond acceptors (Lipinski definition) is 7. The second-order valence-corrected chi connectivity index (χ2v) is 9.23. The van der Waals surface area contributed by atoms with E-state index in [0.29, 0.717) is 5.66 Å². The fourth-order valence-corrected chi connectivity index (χ4v) is 2.71. The Morgan fingerprint density at radius 2 is 1.84 bits per heavy atom. The summed E-state index contributed by atoms with van der Waals surface area (Å²) in [6, 6.07) is 2.39. The Hall–Kier alpha value is -2.98. The van der Waals surface area contributed by atoms with Crippen molar-refractivity contribution in [2.24, 2.45) is 5.41 Å². The molecule has 0 saturated carbocycles. The first kappa shape index (κ1) is 24.3. The first-order chi connectivity index (χ1) is 14.2. The van der Waals surface area contributed by atoms with E-state index >= 15 is 0 Å². The van der Waals surface area contributed by atoms with Gasteiger partial charge in [-0.15, -0.1) is 0 Å². The highest BCUT2D eigenvalue weighted by molar-refractivity contribution is 6.50. The Bertz CT molecular complexity index is 869. The van der Waals surface area contributed by atoms with E-state index in [1.165, 1.54) is 6.07 Å². The molecule has 10 nitrogen and oxygen atoms in total. The number of rotatable bonds is 6. The molecule has 0 spiro atoms. The largest absolute Gasteiger partial charge is 0.474 e. The van der Waals surface area contributed by atoms with E-state index in [0.717, 1.165) is 4.90 Å². The number of imide groups is 1. The quantitative estimate of drug-likeness (QED) is 0.394. The van der Waals surface area contributed by atoms with Crippen molar-refractivity contribution in [1.29, 1.82) is 0 Å². The van der Waals surface area contributed by atoms with Crippen LogP contribution in [0, 0.1) is 5.41 Å². The number of furan rings is 1. The fourth-order valence-electron chi connectivity index (χ4n) is 2.71. The highest BCUT2D eigenvalue weighted by Crippen LogP contribution is 2.29. The second kappa shape index (κ2) is 8.64. The van der Waals surface area contributed by atoms with Crippen molar-refractivity contribution in [3.05, 3.63) is 17.9 Å². The number of urea groups is 1. The molecule has 1 aromatic rings. The van der Waals surface area contributed by atoms with Crippen LogP contribution >= 0.6 is 0 Å². The summed E-state index contributed by atoms with van der Waals surface area (Å²) in [5.41, 5.74) is -2.79. The van der Waals surface area contributed by atoms with Gasteiger partial charge in [0.25, 0.3) is 5.91 Å². The number of carbonyl (C=O) groups excluding carboxylic acids is 4. The van der Waals surface area contributed by atoms with Crippen LogP contribution in [0.25, 0.3) is 0 Å². The summed E-state index contributed by atoms with van der Waals surface area (Å²) >= 11 is 0. The highest BCUT2D eigenvalue weighted by atomic mass is 16.6. The number of nitrogens with one attached hydrogen (secondary N) is 2. The van der Waals surface area contributed by atoms with E-state index in [1.807, 2.05) is 0 Å². The standard InChI is InChI=1S/C20H29BN3O7/c1-18(2,3)15(26)29-11-24-14(25)20(23-16(24)27,12-8-9-13(21-7)30-12)10-22-17(28)31-19(4,5)6/h8-9H,10-11H2,1-7H3,(H,22,28)(H,23,27). The van der Waals surface area contributed by atoms with Gasteiger partial charge in [0.05, 0.1) is 17.6 Å². The van der Waals surface area contributed by atoms with Gasteiger partial charge in [-0.25, -0.2) is 14.5 Å². The smallest absolute Gasteiger partial charge is 0.407 e. The van der Waals surface area contributed by atoms with Gasteiger partial charge in [-0.2, -0.15) is 0 Å². The Morgan fingerprint density at radius 1 is 1.19 bits per heavy atom. The van der Waals surface area contributed by atoms with Crippen molar-refractivity contribution in [3.63, 3.8) is 0 Å². The second-order valence-electron chi connectivity index (χ2n) is 9.23. The van der Waals surface area contributed by atoms with Gasteiger partial charge >= 0.3 is 18.1 Å². The molecule has 1 saturated heterocycles. The van der Waals surface area contributed by atoms with Crippen LogP contribution in [0.4, 0.5) is 9.59 Å². The molecule has 31 heavy (non-hydrogen) atoms. The normalized spacial score (nSPS) is 19.1. The van der Waals surface area contributed by atoms with Gasteiger partial charge in [0.15, 0.2) is 19.5 Å². The summed E-state index contributed by atoms with van der Waals surface area (Å²) in [5, 5.41) is 5.08. The molecule has 1 aliphatic heterocycles. The molecular weight excluding hydrogens is 405 g/mol. The number of carbonyl (C=O) groups is 4. The minimum absolute atomic E-state index is 0.125. The van der Waals surface area contributed by atoms with Crippen LogP contribution < -0.4 is 16.3 Å². The number of esters is 1. The van der Waals surface area contributed by atoms with Crippen LogP contribution in [0.5, 0.6) is 0 Å². The lowest BCUT2D eigenvalue weighted by Gasteiger charge is -2.26. The molecule has 1 fully saturated rings. The average molecular weight is 434 g/mol. The maximum Gasteiger partial charge on any atom is 0.407 e. The van der Waals surface area contributed by atoms with E-state index in [4.69, 9.17) is 13.9 Å². The number of ether oxygens (including phenoxy) is 2. The molecule has 0 aliphatic carbocycles. The summed E-state index contributed by atoms with van der Waals surface area (Å²) < 4.78 is 16.0. The number of nitrogens with zero attached hydrogens (tertiary/aromatic N) is 1. The zero-order chi connectivity index (χ0) is 23.6. The lowest BCUT2D eigenvalue weighted by Crippen LogP contribution is -2.53. The number of alkyl carbamates (subject to hydrolysis) is 1. The Morgan fingerprint density at radius 3 is 2.35 bits per heavy atom. The van der Waals surface area contributed by atoms with Gasteiger partial charge in [0.2, 0.25) is 0 Å². The minimum Gasteiger partial charge on any atom is -0.474 e. The van der Waals surface area contributed by atoms with Gasteiger partial charge in [-0.05, 0) is 53.7 Å². The van der Waals surface area contributed by atoms with Crippen molar-refractivity contribution in [1.82, 2.24) is 15.5 Å². The maximum atomic E-state index is 13.3. The van der Waals surface area contributed by atoms with E-state index in [-0.39, 0.29) is 12.3 Å². The van der Waals surface area contributed by atoms with Crippen molar-refractivity contribution in [2.75, 3.05) is 13.3 Å². The van der Waals surface area contributed by atoms with Gasteiger partial charge < -0.3 is 24.5 Å². The van der Waals surface area contributed by atoms with Crippen LogP contribution in [-0.4, -0.2) is 55.1 Å². The Labute approximate surface area is 182 Å². The zero-order valence-electron chi connectivity index (χ0n) is 19.0. The molecule has 2 heterocycles. The van der Waals surface area contributed by atoms with Crippen molar-refractivity contribution in [2.45, 2.75) is 59.5 Å². The lowest BCUT2D eigenvalue weighted by molar-refractivity contribution is -0.158. The van der Waals surface area contributed by atoms with Crippen LogP contribution in [0.15, 0.2) is 16.5 Å². The first-order valence-electron chi connectivity index (χ1n) is 9.87. The monoisotopic (exact) mass is 434 g/mol. The van der Waals surface area contributed by atoms with E-state index in [1.54, 1.807) is 61.7 Å². The fraction of sp³-hybridized carbons (Fsp3) is 0.600. The zero-order valence-corrected chi connectivity index (χ0v) is 19.0. The maximum absolute atomic E-state index is 13.3. The van der Waals surface area contributed by atoms with Gasteiger partial charge in [0.1, 0.15) is 11.4 Å². The lowest BCUT2D eigenvalue weighted by atomic mass is 9.79. The molecule has 0 bridgehead atoms. The topological polar surface area (TPSA) is 127 Å². The Balaban J connectivity index is 2.28. The molecule has 4 amide bonds. The molecule has 1 radical (unpaired) electrons. The molecular formula is C20H29BN3O7. The molecule has 2 N–H and O–H groups in total. The summed E-state index contributed by atoms with van der Waals surface area (Å²) in [6.07, 6.45) is -0.764. The molecule has 1 unspecified atom stereocenters. The van der Waals surface area contributed by atoms with E-state index in [9.17, 15) is 19.2 Å². The van der Waals surface area contributed by atoms with Gasteiger partial charge in [0, 0.05) is 0 Å². The van der Waals surface area contributed by atoms with Crippen molar-refractivity contribution >= 4 is 36.9 Å². The van der Waals surface area contributed by atoms with E-state index in [2.05, 4.69) is 10.6 Å². The van der Waals surface area contributed by atoms with Crippen LogP contribution in [0.2, 0.25) is 6.82 Å². The summed E-state index contributed by atoms with van der Waals surface area (Å²) in [4.78, 5) is 50.9. The van der Waals surface area contributed by atoms with Crippen LogP contribution in [0.1, 0.15) is 47.3 Å². The number of amides is 4. The summed E-state index contributed by atoms with van der Waals surface area (Å²) in [7, 11) is 1.68. The predicted molar refractivity (Wildman–Crippen MR) is 112 cm³/mol. The van der Waals surface area contributed by atoms with Crippen LogP contribution in [-0.2, 0) is 24.6 Å². The third kappa shape index (κ3) is 5.59. The van der Waals surface area contributed by atoms with Crippen LogP contribution in [0.3, 0.4) is 0 Å². The van der Waals surface area contributed by atoms with Crippen molar-refractivity contribution < 1.29 is 33.1 Å². The molecule has 169 valence electrons. The number of hydrogen-bond donors (Lipinski definition) is 2. The highest BCUT2D eigenvalue weighted by Gasteiger charge is 2.55. The predicted octanol–water partition coefficient (Wildman–Crippen LogP) is 1.48. The van der Waals surface area contributed by atoms with E-state index < -0.39 is 47.3 Å². The first-order valence-corrected chi connectivity index (χ1v) is 9.87. The average Bonchev–Trinajstić information content (AvgIpc) is 3.20. The molecule has 2 rings (SSSR count). The summed E-state index contributed by atoms with van der Waals surface area (Å²) in [5.74, 6) is -1.18. The Kier molecular flexibility index (Phi) is 6.77. The van der Waals surface area contributed by atoms with Crippen molar-refractivity contribution in [3.8, 4) is 0 Å².